The van der Waals surface area contributed by atoms with Crippen molar-refractivity contribution in [3.05, 3.63) is 86.7 Å². The summed E-state index contributed by atoms with van der Waals surface area (Å²) in [6.45, 7) is 7.05. The number of ether oxygens (including phenoxy) is 4. The van der Waals surface area contributed by atoms with Crippen LogP contribution in [-0.4, -0.2) is 47.8 Å². The second-order valence-corrected chi connectivity index (χ2v) is 9.91. The number of phenols is 1. The van der Waals surface area contributed by atoms with E-state index in [9.17, 15) is 24.6 Å². The van der Waals surface area contributed by atoms with Crippen LogP contribution in [0.3, 0.4) is 0 Å². The van der Waals surface area contributed by atoms with Crippen molar-refractivity contribution in [2.45, 2.75) is 52.6 Å². The molecule has 2 heterocycles. The normalized spacial score (nSPS) is 18.2. The Morgan fingerprint density at radius 3 is 2.55 bits per heavy atom. The highest BCUT2D eigenvalue weighted by Crippen LogP contribution is 2.33. The number of aliphatic hydroxyl groups is 1. The quantitative estimate of drug-likeness (QED) is 0.225. The number of carbonyl (C=O) groups is 2. The van der Waals surface area contributed by atoms with Crippen LogP contribution < -0.4 is 21.4 Å². The van der Waals surface area contributed by atoms with Crippen LogP contribution in [0.15, 0.2) is 68.8 Å². The number of allylic oxidation sites excluding steroid dienone is 3. The zero-order chi connectivity index (χ0) is 30.7. The Hall–Kier alpha value is -4.97. The van der Waals surface area contributed by atoms with E-state index in [2.05, 4.69) is 5.32 Å². The molecule has 5 N–H and O–H groups in total. The lowest BCUT2D eigenvalue weighted by atomic mass is 10.0. The molecule has 3 atom stereocenters. The fourth-order valence-electron chi connectivity index (χ4n) is 4.45. The average molecular weight is 581 g/mol. The first-order valence-corrected chi connectivity index (χ1v) is 13.0. The third kappa shape index (κ3) is 6.33. The molecule has 2 amide bonds. The lowest BCUT2D eigenvalue weighted by molar-refractivity contribution is -0.174. The molecule has 3 unspecified atom stereocenters. The molecule has 0 saturated heterocycles. The number of aliphatic hydroxyl groups excluding tert-OH is 1. The van der Waals surface area contributed by atoms with Crippen LogP contribution in [0.5, 0.6) is 11.5 Å². The fraction of sp³-hybridized carbons (Fsp3) is 0.300. The molecule has 0 fully saturated rings. The van der Waals surface area contributed by atoms with Gasteiger partial charge in [0.25, 0.3) is 12.2 Å². The lowest BCUT2D eigenvalue weighted by Crippen LogP contribution is -2.49. The summed E-state index contributed by atoms with van der Waals surface area (Å²) in [7, 11) is 1.33. The van der Waals surface area contributed by atoms with Crippen molar-refractivity contribution in [1.29, 1.82) is 0 Å². The zero-order valence-electron chi connectivity index (χ0n) is 23.7. The molecular formula is C30H32N2O10. The first-order chi connectivity index (χ1) is 19.9. The number of nitrogens with two attached hydrogens (primary N) is 1. The summed E-state index contributed by atoms with van der Waals surface area (Å²) in [5.74, 6) is 0.0170. The number of hydrogen-bond donors (Lipinski definition) is 4. The van der Waals surface area contributed by atoms with Gasteiger partial charge in [0.15, 0.2) is 18.0 Å². The van der Waals surface area contributed by atoms with Gasteiger partial charge in [0.2, 0.25) is 0 Å². The maximum Gasteiger partial charge on any atom is 0.405 e. The van der Waals surface area contributed by atoms with Gasteiger partial charge in [-0.1, -0.05) is 11.6 Å². The molecule has 2 aromatic carbocycles. The standard InChI is InChI=1S/C30H32N2O10/c1-14(2)6-7-17-12-19(8-10-21(17)33)27(35)32-20-13-18-9-11-22(15(3)24(18)41-28(20)36)40-29-23(34)26(42-30(31)37)25(38-5)16(4)39-29/h6,8-13,23,26,29,33-34H,7H2,1-5H3,(H2,31,37)(H,32,35). The van der Waals surface area contributed by atoms with Crippen molar-refractivity contribution in [3.8, 4) is 11.5 Å². The van der Waals surface area contributed by atoms with Crippen LogP contribution in [0.2, 0.25) is 0 Å². The smallest absolute Gasteiger partial charge is 0.405 e. The van der Waals surface area contributed by atoms with Gasteiger partial charge >= 0.3 is 11.7 Å². The number of carbonyl (C=O) groups excluding carboxylic acids is 2. The van der Waals surface area contributed by atoms with Gasteiger partial charge in [-0.05, 0) is 76.1 Å². The van der Waals surface area contributed by atoms with Crippen molar-refractivity contribution in [1.82, 2.24) is 0 Å². The minimum atomic E-state index is -1.50. The summed E-state index contributed by atoms with van der Waals surface area (Å²) in [5.41, 5.74) is 6.76. The second-order valence-electron chi connectivity index (χ2n) is 9.91. The van der Waals surface area contributed by atoms with Crippen LogP contribution in [0.25, 0.3) is 11.0 Å². The van der Waals surface area contributed by atoms with E-state index in [0.29, 0.717) is 22.9 Å². The number of aryl methyl sites for hydroxylation is 1. The number of hydrogen-bond acceptors (Lipinski definition) is 10. The number of anilines is 1. The Morgan fingerprint density at radius 1 is 1.14 bits per heavy atom. The first-order valence-electron chi connectivity index (χ1n) is 13.0. The van der Waals surface area contributed by atoms with Crippen LogP contribution in [0.1, 0.15) is 42.3 Å². The van der Waals surface area contributed by atoms with E-state index in [1.165, 1.54) is 25.3 Å². The van der Waals surface area contributed by atoms with E-state index in [1.807, 2.05) is 19.9 Å². The van der Waals surface area contributed by atoms with Gasteiger partial charge in [-0.15, -0.1) is 0 Å². The summed E-state index contributed by atoms with van der Waals surface area (Å²) < 4.78 is 27.3. The van der Waals surface area contributed by atoms with E-state index < -0.39 is 36.1 Å². The van der Waals surface area contributed by atoms with Gasteiger partial charge in [-0.2, -0.15) is 0 Å². The van der Waals surface area contributed by atoms with Crippen molar-refractivity contribution in [2.24, 2.45) is 5.73 Å². The van der Waals surface area contributed by atoms with Crippen molar-refractivity contribution >= 4 is 28.7 Å². The van der Waals surface area contributed by atoms with Gasteiger partial charge in [-0.25, -0.2) is 9.59 Å². The minimum Gasteiger partial charge on any atom is -0.508 e. The summed E-state index contributed by atoms with van der Waals surface area (Å²) in [6, 6.07) is 9.10. The number of nitrogens with one attached hydrogen (secondary N) is 1. The molecule has 0 spiro atoms. The largest absolute Gasteiger partial charge is 0.508 e. The van der Waals surface area contributed by atoms with E-state index in [-0.39, 0.29) is 39.9 Å². The van der Waals surface area contributed by atoms with Crippen LogP contribution >= 0.6 is 0 Å². The van der Waals surface area contributed by atoms with E-state index in [1.54, 1.807) is 32.0 Å². The minimum absolute atomic E-state index is 0.0650. The van der Waals surface area contributed by atoms with Gasteiger partial charge in [0, 0.05) is 16.5 Å². The number of methoxy groups -OCH3 is 1. The lowest BCUT2D eigenvalue weighted by Gasteiger charge is -2.35. The van der Waals surface area contributed by atoms with Crippen molar-refractivity contribution in [3.63, 3.8) is 0 Å². The van der Waals surface area contributed by atoms with Crippen LogP contribution in [0.4, 0.5) is 10.5 Å². The average Bonchev–Trinajstić information content (AvgIpc) is 2.93. The molecule has 222 valence electrons. The molecule has 0 aliphatic carbocycles. The number of primary amides is 1. The number of rotatable bonds is 8. The van der Waals surface area contributed by atoms with Crippen LogP contribution in [-0.2, 0) is 20.6 Å². The molecule has 0 bridgehead atoms. The third-order valence-corrected chi connectivity index (χ3v) is 6.61. The Bertz CT molecular complexity index is 1650. The highest BCUT2D eigenvalue weighted by Gasteiger charge is 2.43. The van der Waals surface area contributed by atoms with E-state index in [0.717, 1.165) is 5.57 Å². The summed E-state index contributed by atoms with van der Waals surface area (Å²) >= 11 is 0. The molecule has 3 aromatic rings. The topological polar surface area (TPSA) is 180 Å². The molecule has 12 heteroatoms. The van der Waals surface area contributed by atoms with Crippen LogP contribution in [0, 0.1) is 6.92 Å². The molecule has 4 rings (SSSR count). The molecule has 12 nitrogen and oxygen atoms in total. The molecular weight excluding hydrogens is 548 g/mol. The van der Waals surface area contributed by atoms with Gasteiger partial charge in [-0.3, -0.25) is 4.79 Å². The Balaban J connectivity index is 1.58. The number of aromatic hydroxyl groups is 1. The molecule has 42 heavy (non-hydrogen) atoms. The third-order valence-electron chi connectivity index (χ3n) is 6.61. The number of benzene rings is 2. The Labute approximate surface area is 240 Å². The number of phenolic OH excluding ortho intramolecular Hbond substituents is 1. The highest BCUT2D eigenvalue weighted by molar-refractivity contribution is 6.05. The molecule has 0 radical (unpaired) electrons. The predicted molar refractivity (Wildman–Crippen MR) is 152 cm³/mol. The second kappa shape index (κ2) is 12.3. The van der Waals surface area contributed by atoms with Crippen molar-refractivity contribution < 1.29 is 43.2 Å². The van der Waals surface area contributed by atoms with Gasteiger partial charge in [0.05, 0.1) is 7.11 Å². The van der Waals surface area contributed by atoms with Gasteiger partial charge < -0.3 is 44.6 Å². The Morgan fingerprint density at radius 2 is 1.88 bits per heavy atom. The van der Waals surface area contributed by atoms with E-state index >= 15 is 0 Å². The highest BCUT2D eigenvalue weighted by atomic mass is 16.7. The molecule has 1 aliphatic heterocycles. The molecule has 1 aliphatic rings. The first kappa shape index (κ1) is 30.0. The Kier molecular flexibility index (Phi) is 8.76. The summed E-state index contributed by atoms with van der Waals surface area (Å²) in [6.07, 6.45) is -2.84. The zero-order valence-corrected chi connectivity index (χ0v) is 23.7. The van der Waals surface area contributed by atoms with E-state index in [4.69, 9.17) is 29.1 Å². The number of amides is 2. The fourth-order valence-corrected chi connectivity index (χ4v) is 4.45. The maximum absolute atomic E-state index is 12.9. The maximum atomic E-state index is 12.9. The SMILES string of the molecule is COC1=C(C)OC(Oc2ccc3cc(NC(=O)c4ccc(O)c(CC=C(C)C)c4)c(=O)oc3c2C)C(O)C1OC(N)=O. The van der Waals surface area contributed by atoms with Crippen molar-refractivity contribution in [2.75, 3.05) is 12.4 Å². The van der Waals surface area contributed by atoms with Gasteiger partial charge in [0.1, 0.15) is 28.5 Å². The summed E-state index contributed by atoms with van der Waals surface area (Å²) in [5, 5.41) is 24.0. The number of fused-ring (bicyclic) bond motifs is 1. The molecule has 0 saturated carbocycles. The predicted octanol–water partition coefficient (Wildman–Crippen LogP) is 4.01. The molecule has 1 aromatic heterocycles. The summed E-state index contributed by atoms with van der Waals surface area (Å²) in [4.78, 5) is 37.2. The monoisotopic (exact) mass is 580 g/mol.